The topological polar surface area (TPSA) is 86.6 Å². The van der Waals surface area contributed by atoms with E-state index in [-0.39, 0.29) is 5.69 Å². The van der Waals surface area contributed by atoms with E-state index in [1.54, 1.807) is 19.1 Å². The van der Waals surface area contributed by atoms with Crippen molar-refractivity contribution in [3.05, 3.63) is 28.8 Å². The Morgan fingerprint density at radius 1 is 1.32 bits per heavy atom. The molecule has 9 heteroatoms. The second kappa shape index (κ2) is 5.69. The Hall–Kier alpha value is -1.93. The summed E-state index contributed by atoms with van der Waals surface area (Å²) in [6, 6.07) is 4.08. The van der Waals surface area contributed by atoms with Crippen LogP contribution in [0.3, 0.4) is 0 Å². The van der Waals surface area contributed by atoms with Crippen LogP contribution in [-0.4, -0.2) is 55.4 Å². The summed E-state index contributed by atoms with van der Waals surface area (Å²) in [6.07, 6.45) is 1.07. The van der Waals surface area contributed by atoms with Gasteiger partial charge in [-0.15, -0.1) is 0 Å². The van der Waals surface area contributed by atoms with Crippen LogP contribution in [0, 0.1) is 6.92 Å². The minimum absolute atomic E-state index is 0.249. The lowest BCUT2D eigenvalue weighted by Crippen LogP contribution is -2.54. The average Bonchev–Trinajstić information content (AvgIpc) is 2.44. The maximum atomic E-state index is 12.4. The number of sulfonamides is 1. The number of imide groups is 1. The molecule has 1 aliphatic rings. The lowest BCUT2D eigenvalue weighted by atomic mass is 10.2. The van der Waals surface area contributed by atoms with Crippen molar-refractivity contribution in [3.63, 3.8) is 0 Å². The lowest BCUT2D eigenvalue weighted by Gasteiger charge is -2.20. The second-order valence-electron chi connectivity index (χ2n) is 4.97. The number of aryl methyl sites for hydroxylation is 1. The summed E-state index contributed by atoms with van der Waals surface area (Å²) in [4.78, 5) is 24.4. The molecule has 2 rings (SSSR count). The van der Waals surface area contributed by atoms with Gasteiger partial charge in [0.15, 0.2) is 0 Å². The van der Waals surface area contributed by atoms with Crippen LogP contribution in [0.5, 0.6) is 0 Å². The molecule has 0 aromatic heterocycles. The van der Waals surface area contributed by atoms with Crippen molar-refractivity contribution in [2.75, 3.05) is 18.8 Å². The number of hydrogen-bond acceptors (Lipinski definition) is 4. The van der Waals surface area contributed by atoms with E-state index >= 15 is 0 Å². The third-order valence-corrected chi connectivity index (χ3v) is 5.21. The number of carbonyl (C=O) groups is 2. The SMILES string of the molecule is Cc1ccc(NS(=O)(=O)C2C=[N+](C)C(=O)N(C)C2=O)cc1Cl. The molecule has 0 fully saturated rings. The number of rotatable bonds is 3. The van der Waals surface area contributed by atoms with Gasteiger partial charge in [0, 0.05) is 5.02 Å². The monoisotopic (exact) mass is 344 g/mol. The standard InChI is InChI=1S/C13H15ClN3O4S/c1-8-4-5-9(6-10(8)14)15-22(20,21)11-7-16(2)13(19)17(3)12(11)18/h4-7,11,15H,1-3H3/q+1. The molecule has 0 radical (unpaired) electrons. The fourth-order valence-electron chi connectivity index (χ4n) is 1.95. The zero-order valence-corrected chi connectivity index (χ0v) is 13.8. The van der Waals surface area contributed by atoms with Crippen LogP contribution in [0.4, 0.5) is 10.5 Å². The van der Waals surface area contributed by atoms with Gasteiger partial charge in [-0.25, -0.2) is 17.8 Å². The highest BCUT2D eigenvalue weighted by atomic mass is 35.5. The highest BCUT2D eigenvalue weighted by Gasteiger charge is 2.46. The molecule has 0 bridgehead atoms. The summed E-state index contributed by atoms with van der Waals surface area (Å²) in [5.74, 6) is -0.811. The van der Waals surface area contributed by atoms with E-state index in [1.165, 1.54) is 20.2 Å². The van der Waals surface area contributed by atoms with Gasteiger partial charge in [-0.2, -0.15) is 9.69 Å². The number of nitrogens with zero attached hydrogens (tertiary/aromatic N) is 2. The molecule has 3 amide bonds. The molecule has 1 aliphatic heterocycles. The predicted octanol–water partition coefficient (Wildman–Crippen LogP) is 1.06. The van der Waals surface area contributed by atoms with Gasteiger partial charge >= 0.3 is 11.9 Å². The van der Waals surface area contributed by atoms with Crippen molar-refractivity contribution in [3.8, 4) is 0 Å². The third kappa shape index (κ3) is 2.97. The van der Waals surface area contributed by atoms with E-state index < -0.39 is 27.2 Å². The minimum Gasteiger partial charge on any atom is -0.282 e. The Balaban J connectivity index is 2.36. The maximum Gasteiger partial charge on any atom is 0.500 e. The summed E-state index contributed by atoms with van der Waals surface area (Å²) in [6.45, 7) is 1.79. The number of urea groups is 1. The van der Waals surface area contributed by atoms with E-state index in [4.69, 9.17) is 11.6 Å². The number of halogens is 1. The van der Waals surface area contributed by atoms with E-state index in [1.807, 2.05) is 0 Å². The van der Waals surface area contributed by atoms with Crippen LogP contribution in [0.25, 0.3) is 0 Å². The first-order chi connectivity index (χ1) is 10.1. The van der Waals surface area contributed by atoms with Crippen molar-refractivity contribution in [2.45, 2.75) is 12.2 Å². The first-order valence-electron chi connectivity index (χ1n) is 6.30. The van der Waals surface area contributed by atoms with Crippen molar-refractivity contribution in [1.82, 2.24) is 4.90 Å². The molecule has 1 aromatic carbocycles. The first-order valence-corrected chi connectivity index (χ1v) is 8.23. The largest absolute Gasteiger partial charge is 0.500 e. The molecule has 1 atom stereocenters. The average molecular weight is 345 g/mol. The number of benzene rings is 1. The van der Waals surface area contributed by atoms with E-state index in [2.05, 4.69) is 4.72 Å². The summed E-state index contributed by atoms with van der Waals surface area (Å²) >= 11 is 5.95. The number of nitrogens with one attached hydrogen (secondary N) is 1. The van der Waals surface area contributed by atoms with E-state index in [9.17, 15) is 18.0 Å². The van der Waals surface area contributed by atoms with Gasteiger partial charge in [0.2, 0.25) is 5.25 Å². The van der Waals surface area contributed by atoms with Gasteiger partial charge in [-0.1, -0.05) is 17.7 Å². The van der Waals surface area contributed by atoms with Gasteiger partial charge in [-0.05, 0) is 24.6 Å². The Bertz CT molecular complexity index is 788. The molecule has 1 N–H and O–H groups in total. The summed E-state index contributed by atoms with van der Waals surface area (Å²) in [7, 11) is -1.43. The molecule has 22 heavy (non-hydrogen) atoms. The highest BCUT2D eigenvalue weighted by Crippen LogP contribution is 2.22. The fraction of sp³-hybridized carbons (Fsp3) is 0.308. The first kappa shape index (κ1) is 16.4. The van der Waals surface area contributed by atoms with Crippen LogP contribution in [0.1, 0.15) is 5.56 Å². The predicted molar refractivity (Wildman–Crippen MR) is 82.9 cm³/mol. The van der Waals surface area contributed by atoms with Gasteiger partial charge in [0.25, 0.3) is 10.0 Å². The van der Waals surface area contributed by atoms with Crippen molar-refractivity contribution >= 4 is 45.5 Å². The van der Waals surface area contributed by atoms with Crippen LogP contribution < -0.4 is 4.72 Å². The van der Waals surface area contributed by atoms with Crippen molar-refractivity contribution < 1.29 is 22.6 Å². The minimum atomic E-state index is -4.05. The normalized spacial score (nSPS) is 19.2. The second-order valence-corrected chi connectivity index (χ2v) is 7.18. The molecule has 118 valence electrons. The Morgan fingerprint density at radius 3 is 2.55 bits per heavy atom. The Morgan fingerprint density at radius 2 is 1.95 bits per heavy atom. The van der Waals surface area contributed by atoms with Gasteiger partial charge in [-0.3, -0.25) is 4.72 Å². The lowest BCUT2D eigenvalue weighted by molar-refractivity contribution is -0.399. The maximum absolute atomic E-state index is 12.4. The molecular weight excluding hydrogens is 330 g/mol. The van der Waals surface area contributed by atoms with Crippen molar-refractivity contribution in [2.24, 2.45) is 0 Å². The Kier molecular flexibility index (Phi) is 4.25. The van der Waals surface area contributed by atoms with Gasteiger partial charge < -0.3 is 0 Å². The zero-order chi connectivity index (χ0) is 16.7. The molecule has 1 heterocycles. The van der Waals surface area contributed by atoms with Crippen molar-refractivity contribution in [1.29, 1.82) is 0 Å². The molecular formula is C13H15ClN3O4S+. The van der Waals surface area contributed by atoms with Crippen LogP contribution in [0.15, 0.2) is 18.2 Å². The van der Waals surface area contributed by atoms with Crippen LogP contribution in [0.2, 0.25) is 5.02 Å². The number of amides is 3. The number of anilines is 1. The molecule has 1 unspecified atom stereocenters. The summed E-state index contributed by atoms with van der Waals surface area (Å²) in [5.41, 5.74) is 1.05. The quantitative estimate of drug-likeness (QED) is 0.831. The van der Waals surface area contributed by atoms with Crippen LogP contribution >= 0.6 is 11.6 Å². The molecule has 0 aliphatic carbocycles. The molecule has 7 nitrogen and oxygen atoms in total. The van der Waals surface area contributed by atoms with Crippen LogP contribution in [-0.2, 0) is 14.8 Å². The van der Waals surface area contributed by atoms with E-state index in [0.29, 0.717) is 5.02 Å². The highest BCUT2D eigenvalue weighted by molar-refractivity contribution is 7.94. The Labute approximate surface area is 133 Å². The smallest absolute Gasteiger partial charge is 0.282 e. The third-order valence-electron chi connectivity index (χ3n) is 3.29. The van der Waals surface area contributed by atoms with Gasteiger partial charge in [0.05, 0.1) is 19.8 Å². The molecule has 0 saturated heterocycles. The summed E-state index contributed by atoms with van der Waals surface area (Å²) < 4.78 is 28.2. The molecule has 0 saturated carbocycles. The number of hydrogen-bond donors (Lipinski definition) is 1. The van der Waals surface area contributed by atoms with E-state index in [0.717, 1.165) is 21.3 Å². The fourth-order valence-corrected chi connectivity index (χ4v) is 3.48. The molecule has 1 aromatic rings. The summed E-state index contributed by atoms with van der Waals surface area (Å²) in [5, 5.41) is -1.08. The zero-order valence-electron chi connectivity index (χ0n) is 12.2. The number of carbonyl (C=O) groups excluding carboxylic acids is 2. The molecule has 0 spiro atoms. The van der Waals surface area contributed by atoms with Gasteiger partial charge in [0.1, 0.15) is 6.21 Å².